The van der Waals surface area contributed by atoms with E-state index in [1.54, 1.807) is 0 Å². The van der Waals surface area contributed by atoms with Crippen molar-refractivity contribution in [1.29, 1.82) is 0 Å². The van der Waals surface area contributed by atoms with Crippen LogP contribution in [-0.2, 0) is 0 Å². The van der Waals surface area contributed by atoms with Crippen LogP contribution < -0.4 is 5.32 Å². The van der Waals surface area contributed by atoms with Crippen LogP contribution in [0.15, 0.2) is 47.4 Å². The molecule has 0 saturated heterocycles. The van der Waals surface area contributed by atoms with Gasteiger partial charge < -0.3 is 5.32 Å². The fourth-order valence-corrected chi connectivity index (χ4v) is 3.42. The van der Waals surface area contributed by atoms with Gasteiger partial charge in [-0.05, 0) is 45.5 Å². The Labute approximate surface area is 126 Å². The van der Waals surface area contributed by atoms with Crippen LogP contribution in [0.4, 0.5) is 0 Å². The van der Waals surface area contributed by atoms with Crippen molar-refractivity contribution in [3.63, 3.8) is 0 Å². The summed E-state index contributed by atoms with van der Waals surface area (Å²) in [5, 5.41) is 3.43. The van der Waals surface area contributed by atoms with Gasteiger partial charge in [0.25, 0.3) is 0 Å². The lowest BCUT2D eigenvalue weighted by atomic mass is 10.0. The van der Waals surface area contributed by atoms with E-state index in [4.69, 9.17) is 0 Å². The first kappa shape index (κ1) is 15.1. The van der Waals surface area contributed by atoms with E-state index in [0.717, 1.165) is 5.75 Å². The molecule has 1 unspecified atom stereocenters. The third-order valence-electron chi connectivity index (χ3n) is 3.43. The molecule has 2 heteroatoms. The van der Waals surface area contributed by atoms with E-state index in [-0.39, 0.29) is 0 Å². The van der Waals surface area contributed by atoms with E-state index in [0.29, 0.717) is 6.04 Å². The number of aryl methyl sites for hydroxylation is 3. The lowest BCUT2D eigenvalue weighted by Gasteiger charge is -2.17. The minimum atomic E-state index is 0.389. The van der Waals surface area contributed by atoms with Crippen molar-refractivity contribution in [2.75, 3.05) is 12.8 Å². The molecule has 0 heterocycles. The number of rotatable bonds is 5. The van der Waals surface area contributed by atoms with Crippen molar-refractivity contribution in [3.8, 4) is 0 Å². The fraction of sp³-hybridized carbons (Fsp3) is 0.333. The van der Waals surface area contributed by atoms with Crippen molar-refractivity contribution in [3.05, 3.63) is 64.7 Å². The Hall–Kier alpha value is -1.25. The second-order valence-corrected chi connectivity index (χ2v) is 6.48. The van der Waals surface area contributed by atoms with E-state index in [1.165, 1.54) is 27.1 Å². The van der Waals surface area contributed by atoms with Crippen LogP contribution in [0, 0.1) is 20.8 Å². The Morgan fingerprint density at radius 1 is 0.900 bits per heavy atom. The monoisotopic (exact) mass is 285 g/mol. The van der Waals surface area contributed by atoms with E-state index >= 15 is 0 Å². The molecule has 0 aliphatic heterocycles. The summed E-state index contributed by atoms with van der Waals surface area (Å²) in [4.78, 5) is 1.33. The van der Waals surface area contributed by atoms with Gasteiger partial charge in [-0.25, -0.2) is 0 Å². The molecule has 20 heavy (non-hydrogen) atoms. The molecule has 0 bridgehead atoms. The maximum Gasteiger partial charge on any atom is 0.0413 e. The number of hydrogen-bond donors (Lipinski definition) is 1. The summed E-state index contributed by atoms with van der Waals surface area (Å²) < 4.78 is 0. The Bertz CT molecular complexity index is 540. The largest absolute Gasteiger partial charge is 0.312 e. The van der Waals surface area contributed by atoms with Gasteiger partial charge in [0.15, 0.2) is 0 Å². The van der Waals surface area contributed by atoms with Crippen molar-refractivity contribution >= 4 is 11.8 Å². The van der Waals surface area contributed by atoms with E-state index < -0.39 is 0 Å². The smallest absolute Gasteiger partial charge is 0.0413 e. The molecule has 0 aromatic heterocycles. The van der Waals surface area contributed by atoms with Gasteiger partial charge >= 0.3 is 0 Å². The zero-order valence-corrected chi connectivity index (χ0v) is 13.6. The fourth-order valence-electron chi connectivity index (χ4n) is 2.37. The lowest BCUT2D eigenvalue weighted by Crippen LogP contribution is -2.19. The molecule has 0 radical (unpaired) electrons. The van der Waals surface area contributed by atoms with Gasteiger partial charge in [0.05, 0.1) is 0 Å². The van der Waals surface area contributed by atoms with E-state index in [2.05, 4.69) is 68.6 Å². The first-order valence-corrected chi connectivity index (χ1v) is 8.02. The molecular weight excluding hydrogens is 262 g/mol. The second-order valence-electron chi connectivity index (χ2n) is 5.39. The van der Waals surface area contributed by atoms with Crippen LogP contribution in [0.5, 0.6) is 0 Å². The highest BCUT2D eigenvalue weighted by Gasteiger charge is 2.10. The molecule has 0 spiro atoms. The molecule has 1 nitrogen and oxygen atoms in total. The number of thioether (sulfide) groups is 1. The molecule has 1 atom stereocenters. The first-order valence-electron chi connectivity index (χ1n) is 7.03. The number of benzene rings is 2. The minimum Gasteiger partial charge on any atom is -0.312 e. The zero-order valence-electron chi connectivity index (χ0n) is 12.7. The van der Waals surface area contributed by atoms with E-state index in [9.17, 15) is 0 Å². The molecule has 0 fully saturated rings. The van der Waals surface area contributed by atoms with Crippen LogP contribution in [0.2, 0.25) is 0 Å². The Balaban J connectivity index is 2.07. The summed E-state index contributed by atoms with van der Waals surface area (Å²) in [7, 11) is 2.04. The maximum atomic E-state index is 3.43. The normalized spacial score (nSPS) is 12.4. The highest BCUT2D eigenvalue weighted by molar-refractivity contribution is 7.99. The molecule has 2 aromatic carbocycles. The second kappa shape index (κ2) is 6.96. The molecule has 1 N–H and O–H groups in total. The highest BCUT2D eigenvalue weighted by atomic mass is 32.2. The van der Waals surface area contributed by atoms with Crippen molar-refractivity contribution in [2.45, 2.75) is 31.7 Å². The molecule has 0 aliphatic carbocycles. The predicted molar refractivity (Wildman–Crippen MR) is 89.6 cm³/mol. The average Bonchev–Trinajstić information content (AvgIpc) is 2.40. The molecular formula is C18H23NS. The molecule has 106 valence electrons. The van der Waals surface area contributed by atoms with Crippen molar-refractivity contribution in [1.82, 2.24) is 5.32 Å². The first-order chi connectivity index (χ1) is 9.58. The third-order valence-corrected chi connectivity index (χ3v) is 4.54. The van der Waals surface area contributed by atoms with Gasteiger partial charge in [0.2, 0.25) is 0 Å². The Morgan fingerprint density at radius 2 is 1.50 bits per heavy atom. The van der Waals surface area contributed by atoms with Gasteiger partial charge in [0.1, 0.15) is 0 Å². The highest BCUT2D eigenvalue weighted by Crippen LogP contribution is 2.26. The number of hydrogen-bond acceptors (Lipinski definition) is 2. The quantitative estimate of drug-likeness (QED) is 0.802. The predicted octanol–water partition coefficient (Wildman–Crippen LogP) is 4.66. The van der Waals surface area contributed by atoms with Gasteiger partial charge in [0, 0.05) is 16.7 Å². The van der Waals surface area contributed by atoms with Crippen LogP contribution in [0.1, 0.15) is 28.3 Å². The summed E-state index contributed by atoms with van der Waals surface area (Å²) in [6.45, 7) is 6.45. The summed E-state index contributed by atoms with van der Waals surface area (Å²) in [5.74, 6) is 1.04. The molecule has 0 saturated carbocycles. The summed E-state index contributed by atoms with van der Waals surface area (Å²) >= 11 is 1.91. The SMILES string of the molecule is CNC(CSc1ccc(C)cc1)c1cc(C)cc(C)c1. The van der Waals surface area contributed by atoms with Crippen molar-refractivity contribution < 1.29 is 0 Å². The van der Waals surface area contributed by atoms with Crippen LogP contribution >= 0.6 is 11.8 Å². The third kappa shape index (κ3) is 4.12. The summed E-state index contributed by atoms with van der Waals surface area (Å²) in [6.07, 6.45) is 0. The lowest BCUT2D eigenvalue weighted by molar-refractivity contribution is 0.661. The topological polar surface area (TPSA) is 12.0 Å². The molecule has 0 amide bonds. The standard InChI is InChI=1S/C18H23NS/c1-13-5-7-17(8-6-13)20-12-18(19-4)16-10-14(2)9-15(3)11-16/h5-11,18-19H,12H2,1-4H3. The Kier molecular flexibility index (Phi) is 5.27. The van der Waals surface area contributed by atoms with Gasteiger partial charge in [-0.15, -0.1) is 11.8 Å². The van der Waals surface area contributed by atoms with Gasteiger partial charge in [-0.1, -0.05) is 47.0 Å². The van der Waals surface area contributed by atoms with Gasteiger partial charge in [-0.3, -0.25) is 0 Å². The van der Waals surface area contributed by atoms with Crippen molar-refractivity contribution in [2.24, 2.45) is 0 Å². The Morgan fingerprint density at radius 3 is 2.05 bits per heavy atom. The van der Waals surface area contributed by atoms with E-state index in [1.807, 2.05) is 18.8 Å². The molecule has 2 rings (SSSR count). The summed E-state index contributed by atoms with van der Waals surface area (Å²) in [5.41, 5.74) is 5.36. The van der Waals surface area contributed by atoms with Crippen LogP contribution in [0.25, 0.3) is 0 Å². The minimum absolute atomic E-state index is 0.389. The maximum absolute atomic E-state index is 3.43. The molecule has 0 aliphatic rings. The molecule has 2 aromatic rings. The zero-order chi connectivity index (χ0) is 14.5. The van der Waals surface area contributed by atoms with Crippen LogP contribution in [0.3, 0.4) is 0 Å². The van der Waals surface area contributed by atoms with Gasteiger partial charge in [-0.2, -0.15) is 0 Å². The summed E-state index contributed by atoms with van der Waals surface area (Å²) in [6, 6.07) is 15.9. The average molecular weight is 285 g/mol. The van der Waals surface area contributed by atoms with Crippen LogP contribution in [-0.4, -0.2) is 12.8 Å². The number of nitrogens with one attached hydrogen (secondary N) is 1.